The Morgan fingerprint density at radius 2 is 2.29 bits per heavy atom. The van der Waals surface area contributed by atoms with E-state index in [1.807, 2.05) is 37.3 Å². The fraction of sp³-hybridized carbons (Fsp3) is 0.333. The van der Waals surface area contributed by atoms with Crippen molar-refractivity contribution in [1.29, 1.82) is 0 Å². The smallest absolute Gasteiger partial charge is 0.227 e. The summed E-state index contributed by atoms with van der Waals surface area (Å²) >= 11 is 0. The van der Waals surface area contributed by atoms with Crippen molar-refractivity contribution in [3.63, 3.8) is 0 Å². The summed E-state index contributed by atoms with van der Waals surface area (Å²) in [6, 6.07) is 9.82. The average Bonchev–Trinajstić information content (AvgIpc) is 2.85. The molecule has 0 bridgehead atoms. The molecule has 1 amide bonds. The van der Waals surface area contributed by atoms with Crippen LogP contribution < -0.4 is 4.90 Å². The molecule has 1 aromatic carbocycles. The molecule has 2 aromatic rings. The number of carbonyl (C=O) groups excluding carboxylic acids is 1. The van der Waals surface area contributed by atoms with Crippen molar-refractivity contribution in [2.45, 2.75) is 13.3 Å². The number of rotatable bonds is 3. The zero-order valence-electron chi connectivity index (χ0n) is 11.7. The molecule has 106 valence electrons. The number of hydrogen-bond donors (Lipinski definition) is 0. The van der Waals surface area contributed by atoms with Crippen molar-refractivity contribution < 1.29 is 4.79 Å². The van der Waals surface area contributed by atoms with Crippen LogP contribution in [0.4, 0.5) is 5.69 Å². The van der Waals surface area contributed by atoms with E-state index in [1.54, 1.807) is 4.90 Å². The molecule has 6 heteroatoms. The first-order valence-electron chi connectivity index (χ1n) is 6.86. The van der Waals surface area contributed by atoms with Gasteiger partial charge >= 0.3 is 0 Å². The van der Waals surface area contributed by atoms with E-state index in [9.17, 15) is 4.79 Å². The quantitative estimate of drug-likeness (QED) is 0.491. The largest absolute Gasteiger partial charge is 0.310 e. The van der Waals surface area contributed by atoms with E-state index in [1.165, 1.54) is 0 Å². The van der Waals surface area contributed by atoms with Gasteiger partial charge < -0.3 is 4.90 Å². The molecule has 0 radical (unpaired) electrons. The van der Waals surface area contributed by atoms with Crippen LogP contribution in [0.2, 0.25) is 0 Å². The number of anilines is 1. The summed E-state index contributed by atoms with van der Waals surface area (Å²) in [5, 5.41) is 4.60. The first kappa shape index (κ1) is 13.4. The highest BCUT2D eigenvalue weighted by Crippen LogP contribution is 2.30. The van der Waals surface area contributed by atoms with E-state index in [4.69, 9.17) is 5.53 Å². The van der Waals surface area contributed by atoms with E-state index in [-0.39, 0.29) is 11.8 Å². The zero-order chi connectivity index (χ0) is 14.8. The topological polar surface area (TPSA) is 82.0 Å². The van der Waals surface area contributed by atoms with Gasteiger partial charge in [0.25, 0.3) is 0 Å². The van der Waals surface area contributed by atoms with Gasteiger partial charge in [-0.25, -0.2) is 0 Å². The molecule has 0 aliphatic carbocycles. The van der Waals surface area contributed by atoms with Crippen LogP contribution in [0.5, 0.6) is 0 Å². The molecule has 1 aliphatic rings. The number of pyridine rings is 1. The number of azide groups is 1. The molecule has 0 N–H and O–H groups in total. The second-order valence-corrected chi connectivity index (χ2v) is 5.29. The number of carbonyl (C=O) groups is 1. The lowest BCUT2D eigenvalue weighted by molar-refractivity contribution is -0.117. The van der Waals surface area contributed by atoms with Crippen LogP contribution in [-0.2, 0) is 4.79 Å². The molecular weight excluding hydrogens is 266 g/mol. The standard InChI is InChI=1S/C15H15N5O/c1-10-5-6-12-3-2-4-13(15(12)18-10)20-9-11(7-14(20)21)8-17-19-16/h2-6,11H,7-9H2,1H3. The summed E-state index contributed by atoms with van der Waals surface area (Å²) in [4.78, 5) is 21.3. The van der Waals surface area contributed by atoms with Crippen molar-refractivity contribution >= 4 is 22.5 Å². The number of nitrogens with zero attached hydrogens (tertiary/aromatic N) is 5. The predicted molar refractivity (Wildman–Crippen MR) is 81.0 cm³/mol. The summed E-state index contributed by atoms with van der Waals surface area (Å²) in [7, 11) is 0. The second-order valence-electron chi connectivity index (χ2n) is 5.29. The second kappa shape index (κ2) is 5.42. The predicted octanol–water partition coefficient (Wildman–Crippen LogP) is 3.21. The molecule has 1 atom stereocenters. The maximum absolute atomic E-state index is 12.2. The molecule has 1 unspecified atom stereocenters. The monoisotopic (exact) mass is 281 g/mol. The van der Waals surface area contributed by atoms with Crippen LogP contribution in [0.3, 0.4) is 0 Å². The number of hydrogen-bond acceptors (Lipinski definition) is 3. The first-order chi connectivity index (χ1) is 10.2. The summed E-state index contributed by atoms with van der Waals surface area (Å²) < 4.78 is 0. The minimum Gasteiger partial charge on any atom is -0.310 e. The van der Waals surface area contributed by atoms with Gasteiger partial charge in [0.05, 0.1) is 11.2 Å². The summed E-state index contributed by atoms with van der Waals surface area (Å²) in [5.41, 5.74) is 11.0. The number of para-hydroxylation sites is 1. The van der Waals surface area contributed by atoms with Crippen LogP contribution in [0, 0.1) is 12.8 Å². The van der Waals surface area contributed by atoms with Crippen LogP contribution >= 0.6 is 0 Å². The van der Waals surface area contributed by atoms with Crippen molar-refractivity contribution in [2.24, 2.45) is 11.0 Å². The maximum Gasteiger partial charge on any atom is 0.227 e. The Balaban J connectivity index is 1.99. The lowest BCUT2D eigenvalue weighted by Crippen LogP contribution is -2.25. The third-order valence-electron chi connectivity index (χ3n) is 3.74. The van der Waals surface area contributed by atoms with Gasteiger partial charge in [-0.2, -0.15) is 0 Å². The molecule has 3 rings (SSSR count). The minimum absolute atomic E-state index is 0.0592. The number of benzene rings is 1. The van der Waals surface area contributed by atoms with Gasteiger partial charge in [-0.05, 0) is 30.5 Å². The summed E-state index contributed by atoms with van der Waals surface area (Å²) in [5.74, 6) is 0.136. The zero-order valence-corrected chi connectivity index (χ0v) is 11.7. The fourth-order valence-corrected chi connectivity index (χ4v) is 2.74. The normalized spacial score (nSPS) is 18.0. The van der Waals surface area contributed by atoms with Gasteiger partial charge in [-0.15, -0.1) is 0 Å². The van der Waals surface area contributed by atoms with E-state index in [2.05, 4.69) is 15.0 Å². The van der Waals surface area contributed by atoms with Crippen LogP contribution in [0.1, 0.15) is 12.1 Å². The fourth-order valence-electron chi connectivity index (χ4n) is 2.74. The highest BCUT2D eigenvalue weighted by Gasteiger charge is 2.31. The highest BCUT2D eigenvalue weighted by atomic mass is 16.2. The highest BCUT2D eigenvalue weighted by molar-refractivity contribution is 6.03. The summed E-state index contributed by atoms with van der Waals surface area (Å²) in [6.45, 7) is 2.87. The minimum atomic E-state index is 0.0592. The molecule has 0 saturated carbocycles. The molecular formula is C15H15N5O. The van der Waals surface area contributed by atoms with Crippen LogP contribution in [0.25, 0.3) is 21.3 Å². The Morgan fingerprint density at radius 3 is 3.10 bits per heavy atom. The molecule has 2 heterocycles. The number of aryl methyl sites for hydroxylation is 1. The molecule has 1 aromatic heterocycles. The Bertz CT molecular complexity index is 751. The van der Waals surface area contributed by atoms with E-state index in [0.717, 1.165) is 22.3 Å². The van der Waals surface area contributed by atoms with Crippen molar-refractivity contribution in [2.75, 3.05) is 18.0 Å². The van der Waals surface area contributed by atoms with Gasteiger partial charge in [-0.1, -0.05) is 23.3 Å². The van der Waals surface area contributed by atoms with Crippen molar-refractivity contribution in [1.82, 2.24) is 4.98 Å². The SMILES string of the molecule is Cc1ccc2cccc(N3CC(CN=[N+]=[N-])CC3=O)c2n1. The maximum atomic E-state index is 12.2. The first-order valence-corrected chi connectivity index (χ1v) is 6.86. The van der Waals surface area contributed by atoms with Crippen molar-refractivity contribution in [3.8, 4) is 0 Å². The van der Waals surface area contributed by atoms with Crippen LogP contribution in [-0.4, -0.2) is 24.0 Å². The number of fused-ring (bicyclic) bond motifs is 1. The van der Waals surface area contributed by atoms with Crippen molar-refractivity contribution in [3.05, 3.63) is 46.5 Å². The van der Waals surface area contributed by atoms with Crippen LogP contribution in [0.15, 0.2) is 35.4 Å². The van der Waals surface area contributed by atoms with Gasteiger partial charge in [0.1, 0.15) is 0 Å². The third kappa shape index (κ3) is 2.53. The molecule has 1 saturated heterocycles. The molecule has 0 spiro atoms. The van der Waals surface area contributed by atoms with E-state index in [0.29, 0.717) is 19.5 Å². The molecule has 1 aliphatic heterocycles. The average molecular weight is 281 g/mol. The molecule has 1 fully saturated rings. The Kier molecular flexibility index (Phi) is 3.46. The Labute approximate surface area is 122 Å². The van der Waals surface area contributed by atoms with Gasteiger partial charge in [0.15, 0.2) is 0 Å². The van der Waals surface area contributed by atoms with Gasteiger partial charge in [-0.3, -0.25) is 9.78 Å². The Hall–Kier alpha value is -2.59. The molecule has 6 nitrogen and oxygen atoms in total. The lowest BCUT2D eigenvalue weighted by atomic mass is 10.1. The van der Waals surface area contributed by atoms with Gasteiger partial charge in [0, 0.05) is 35.5 Å². The molecule has 21 heavy (non-hydrogen) atoms. The Morgan fingerprint density at radius 1 is 1.43 bits per heavy atom. The number of aromatic nitrogens is 1. The third-order valence-corrected chi connectivity index (χ3v) is 3.74. The lowest BCUT2D eigenvalue weighted by Gasteiger charge is -2.18. The number of amides is 1. The van der Waals surface area contributed by atoms with E-state index < -0.39 is 0 Å². The van der Waals surface area contributed by atoms with Gasteiger partial charge in [0.2, 0.25) is 5.91 Å². The van der Waals surface area contributed by atoms with E-state index >= 15 is 0 Å². The summed E-state index contributed by atoms with van der Waals surface area (Å²) in [6.07, 6.45) is 0.418.